The third kappa shape index (κ3) is 9.08. The minimum atomic E-state index is -1.48. The molecule has 3 aromatic rings. The number of rotatable bonds is 14. The predicted octanol–water partition coefficient (Wildman–Crippen LogP) is 4.37. The molecule has 1 aliphatic rings. The van der Waals surface area contributed by atoms with Gasteiger partial charge in [-0.05, 0) is 23.6 Å². The van der Waals surface area contributed by atoms with E-state index >= 15 is 0 Å². The van der Waals surface area contributed by atoms with Crippen molar-refractivity contribution >= 4 is 11.8 Å². The second-order valence-corrected chi connectivity index (χ2v) is 9.74. The molecule has 8 heteroatoms. The quantitative estimate of drug-likeness (QED) is 0.297. The first-order valence-corrected chi connectivity index (χ1v) is 13.4. The van der Waals surface area contributed by atoms with Crippen LogP contribution < -0.4 is 0 Å². The third-order valence-electron chi connectivity index (χ3n) is 6.52. The van der Waals surface area contributed by atoms with E-state index in [2.05, 4.69) is 0 Å². The van der Waals surface area contributed by atoms with Crippen LogP contribution in [0.5, 0.6) is 0 Å². The summed E-state index contributed by atoms with van der Waals surface area (Å²) in [5, 5.41) is 11.0. The highest BCUT2D eigenvalue weighted by atomic mass is 16.7. The molecule has 5 atom stereocenters. The maximum atomic E-state index is 12.6. The molecule has 0 spiro atoms. The topological polar surface area (TPSA) is 101 Å². The predicted molar refractivity (Wildman–Crippen MR) is 147 cm³/mol. The summed E-state index contributed by atoms with van der Waals surface area (Å²) >= 11 is 0. The van der Waals surface area contributed by atoms with E-state index in [4.69, 9.17) is 23.7 Å². The standard InChI is InChI=1S/C32H36O8/c1-23(33)17-18-28(34)40-31-30(38-21-26-15-9-4-10-16-26)29(37-20-25-13-7-3-8-14-25)27(39-32(31)35)22-36-19-24-11-5-2-6-12-24/h2-16,27,29-32,35H,17-22H2,1H3/t27-,29-,30+,31+,32?/m1/s1. The van der Waals surface area contributed by atoms with Crippen LogP contribution in [-0.2, 0) is 53.1 Å². The number of ketones is 1. The summed E-state index contributed by atoms with van der Waals surface area (Å²) in [7, 11) is 0. The van der Waals surface area contributed by atoms with Gasteiger partial charge in [0.15, 0.2) is 12.4 Å². The second-order valence-electron chi connectivity index (χ2n) is 9.74. The Bertz CT molecular complexity index is 1170. The Morgan fingerprint density at radius 1 is 0.700 bits per heavy atom. The van der Waals surface area contributed by atoms with Gasteiger partial charge in [-0.3, -0.25) is 4.79 Å². The lowest BCUT2D eigenvalue weighted by Crippen LogP contribution is -2.61. The molecule has 1 saturated heterocycles. The van der Waals surface area contributed by atoms with Crippen LogP contribution in [-0.4, -0.2) is 54.2 Å². The first-order chi connectivity index (χ1) is 19.5. The first-order valence-electron chi connectivity index (χ1n) is 13.4. The molecule has 1 N–H and O–H groups in total. The number of carbonyl (C=O) groups excluding carboxylic acids is 2. The Hall–Kier alpha value is -3.40. The van der Waals surface area contributed by atoms with E-state index < -0.39 is 36.7 Å². The van der Waals surface area contributed by atoms with Gasteiger partial charge in [0.1, 0.15) is 24.1 Å². The van der Waals surface area contributed by atoms with Gasteiger partial charge >= 0.3 is 5.97 Å². The van der Waals surface area contributed by atoms with Crippen molar-refractivity contribution in [2.24, 2.45) is 0 Å². The zero-order valence-electron chi connectivity index (χ0n) is 22.6. The number of Topliss-reactive ketones (excluding diaryl/α,β-unsaturated/α-hetero) is 1. The van der Waals surface area contributed by atoms with E-state index in [0.717, 1.165) is 16.7 Å². The number of hydrogen-bond donors (Lipinski definition) is 1. The average molecular weight is 549 g/mol. The van der Waals surface area contributed by atoms with Gasteiger partial charge < -0.3 is 33.6 Å². The van der Waals surface area contributed by atoms with Crippen molar-refractivity contribution in [2.45, 2.75) is 70.3 Å². The molecule has 1 aliphatic heterocycles. The van der Waals surface area contributed by atoms with Gasteiger partial charge in [-0.1, -0.05) is 91.0 Å². The fourth-order valence-corrected chi connectivity index (χ4v) is 4.44. The van der Waals surface area contributed by atoms with Gasteiger partial charge in [0.25, 0.3) is 0 Å². The van der Waals surface area contributed by atoms with Crippen molar-refractivity contribution < 1.29 is 38.4 Å². The number of aliphatic hydroxyl groups excluding tert-OH is 1. The summed E-state index contributed by atoms with van der Waals surface area (Å²) in [6, 6.07) is 28.9. The van der Waals surface area contributed by atoms with Gasteiger partial charge in [-0.25, -0.2) is 0 Å². The van der Waals surface area contributed by atoms with Crippen LogP contribution in [0, 0.1) is 0 Å². The zero-order valence-corrected chi connectivity index (χ0v) is 22.6. The molecule has 0 aliphatic carbocycles. The first kappa shape index (κ1) is 29.6. The summed E-state index contributed by atoms with van der Waals surface area (Å²) in [5.41, 5.74) is 2.84. The van der Waals surface area contributed by atoms with Crippen LogP contribution in [0.15, 0.2) is 91.0 Å². The monoisotopic (exact) mass is 548 g/mol. The lowest BCUT2D eigenvalue weighted by molar-refractivity contribution is -0.310. The Morgan fingerprint density at radius 3 is 1.73 bits per heavy atom. The maximum absolute atomic E-state index is 12.6. The van der Waals surface area contributed by atoms with Gasteiger partial charge in [0, 0.05) is 6.42 Å². The molecule has 1 fully saturated rings. The molecule has 40 heavy (non-hydrogen) atoms. The number of ether oxygens (including phenoxy) is 5. The van der Waals surface area contributed by atoms with Crippen molar-refractivity contribution in [3.8, 4) is 0 Å². The molecule has 1 unspecified atom stereocenters. The molecule has 0 radical (unpaired) electrons. The van der Waals surface area contributed by atoms with Gasteiger partial charge in [-0.2, -0.15) is 0 Å². The summed E-state index contributed by atoms with van der Waals surface area (Å²) in [6.07, 6.45) is -5.05. The van der Waals surface area contributed by atoms with Crippen LogP contribution in [0.25, 0.3) is 0 Å². The molecular formula is C32H36O8. The highest BCUT2D eigenvalue weighted by Crippen LogP contribution is 2.30. The number of hydrogen-bond acceptors (Lipinski definition) is 8. The smallest absolute Gasteiger partial charge is 0.306 e. The average Bonchev–Trinajstić information content (AvgIpc) is 2.97. The minimum Gasteiger partial charge on any atom is -0.454 e. The van der Waals surface area contributed by atoms with Gasteiger partial charge in [-0.15, -0.1) is 0 Å². The number of esters is 1. The van der Waals surface area contributed by atoms with E-state index in [1.54, 1.807) is 0 Å². The molecule has 1 heterocycles. The fourth-order valence-electron chi connectivity index (χ4n) is 4.44. The van der Waals surface area contributed by atoms with E-state index in [0.29, 0.717) is 6.61 Å². The molecule has 0 amide bonds. The molecule has 0 aromatic heterocycles. The normalized spacial score (nSPS) is 22.5. The zero-order chi connectivity index (χ0) is 28.2. The summed E-state index contributed by atoms with van der Waals surface area (Å²) < 4.78 is 30.2. The Labute approximate surface area is 234 Å². The largest absolute Gasteiger partial charge is 0.454 e. The van der Waals surface area contributed by atoms with Crippen LogP contribution in [0.1, 0.15) is 36.5 Å². The molecule has 0 bridgehead atoms. The SMILES string of the molecule is CC(=O)CCC(=O)O[C@@H]1C(O)O[C@H](COCc2ccccc2)[C@@H](OCc2ccccc2)[C@@H]1OCc1ccccc1. The van der Waals surface area contributed by atoms with Crippen LogP contribution in [0.4, 0.5) is 0 Å². The van der Waals surface area contributed by atoms with Crippen LogP contribution in [0.3, 0.4) is 0 Å². The Balaban J connectivity index is 1.55. The summed E-state index contributed by atoms with van der Waals surface area (Å²) in [5.74, 6) is -0.759. The molecule has 4 rings (SSSR count). The molecular weight excluding hydrogens is 512 g/mol. The van der Waals surface area contributed by atoms with Crippen molar-refractivity contribution in [3.05, 3.63) is 108 Å². The molecule has 3 aromatic carbocycles. The summed E-state index contributed by atoms with van der Waals surface area (Å²) in [4.78, 5) is 24.0. The number of carbonyl (C=O) groups is 2. The number of benzene rings is 3. The van der Waals surface area contributed by atoms with Gasteiger partial charge in [0.2, 0.25) is 0 Å². The van der Waals surface area contributed by atoms with E-state index in [1.807, 2.05) is 91.0 Å². The molecule has 0 saturated carbocycles. The second kappa shape index (κ2) is 15.4. The lowest BCUT2D eigenvalue weighted by Gasteiger charge is -2.44. The third-order valence-corrected chi connectivity index (χ3v) is 6.52. The van der Waals surface area contributed by atoms with Crippen molar-refractivity contribution in [1.29, 1.82) is 0 Å². The highest BCUT2D eigenvalue weighted by Gasteiger charge is 2.49. The lowest BCUT2D eigenvalue weighted by atomic mass is 9.98. The van der Waals surface area contributed by atoms with Crippen molar-refractivity contribution in [1.82, 2.24) is 0 Å². The number of aliphatic hydroxyl groups is 1. The molecule has 8 nitrogen and oxygen atoms in total. The van der Waals surface area contributed by atoms with Crippen molar-refractivity contribution in [2.75, 3.05) is 6.61 Å². The maximum Gasteiger partial charge on any atom is 0.306 e. The molecule has 212 valence electrons. The Kier molecular flexibility index (Phi) is 11.4. The van der Waals surface area contributed by atoms with E-state index in [9.17, 15) is 14.7 Å². The van der Waals surface area contributed by atoms with Crippen LogP contribution in [0.2, 0.25) is 0 Å². The van der Waals surface area contributed by atoms with Crippen LogP contribution >= 0.6 is 0 Å². The van der Waals surface area contributed by atoms with Gasteiger partial charge in [0.05, 0.1) is 32.8 Å². The highest BCUT2D eigenvalue weighted by molar-refractivity contribution is 5.81. The fraction of sp³-hybridized carbons (Fsp3) is 0.375. The minimum absolute atomic E-state index is 0.0436. The van der Waals surface area contributed by atoms with E-state index in [1.165, 1.54) is 6.92 Å². The Morgan fingerprint density at radius 2 is 1.20 bits per heavy atom. The van der Waals surface area contributed by atoms with E-state index in [-0.39, 0.29) is 38.4 Å². The van der Waals surface area contributed by atoms with Crippen molar-refractivity contribution in [3.63, 3.8) is 0 Å². The summed E-state index contributed by atoms with van der Waals surface area (Å²) in [6.45, 7) is 2.31.